The standard InChI is InChI=1S/C26H28ClN3O5/c1-3-30-14-18(11-24(32)28-13-17-6-8-19(27)9-7-17)25(33)21-12-20(35-26(21)30)15-29(2)16-22(31)23-5-4-10-34-23/h4-10,12,14,22,31H,3,11,13,15-16H2,1-2H3,(H,28,32)/t22-/m1/s1. The maximum absolute atomic E-state index is 13.1. The van der Waals surface area contributed by atoms with Crippen LogP contribution in [-0.2, 0) is 30.8 Å². The van der Waals surface area contributed by atoms with Crippen molar-refractivity contribution >= 4 is 28.6 Å². The molecular weight excluding hydrogens is 470 g/mol. The van der Waals surface area contributed by atoms with Gasteiger partial charge in [-0.25, -0.2) is 0 Å². The largest absolute Gasteiger partial charge is 0.467 e. The third-order valence-electron chi connectivity index (χ3n) is 5.75. The van der Waals surface area contributed by atoms with E-state index in [9.17, 15) is 14.7 Å². The number of likely N-dealkylation sites (N-methyl/N-ethyl adjacent to an activating group) is 1. The number of hydrogen-bond donors (Lipinski definition) is 2. The number of nitrogens with one attached hydrogen (secondary N) is 1. The Kier molecular flexibility index (Phi) is 7.75. The summed E-state index contributed by atoms with van der Waals surface area (Å²) < 4.78 is 13.1. The van der Waals surface area contributed by atoms with Crippen molar-refractivity contribution in [2.75, 3.05) is 13.6 Å². The molecule has 0 bridgehead atoms. The lowest BCUT2D eigenvalue weighted by atomic mass is 10.1. The molecule has 0 spiro atoms. The molecule has 2 N–H and O–H groups in total. The maximum atomic E-state index is 13.1. The van der Waals surface area contributed by atoms with Crippen LogP contribution in [-0.4, -0.2) is 34.1 Å². The van der Waals surface area contributed by atoms with Gasteiger partial charge in [-0.15, -0.1) is 0 Å². The van der Waals surface area contributed by atoms with E-state index < -0.39 is 6.10 Å². The Balaban J connectivity index is 1.46. The first kappa shape index (κ1) is 24.8. The smallest absolute Gasteiger partial charge is 0.224 e. The summed E-state index contributed by atoms with van der Waals surface area (Å²) in [6.45, 7) is 3.61. The van der Waals surface area contributed by atoms with Crippen LogP contribution >= 0.6 is 11.6 Å². The topological polar surface area (TPSA) is 101 Å². The Morgan fingerprint density at radius 3 is 2.71 bits per heavy atom. The van der Waals surface area contributed by atoms with Crippen molar-refractivity contribution in [2.24, 2.45) is 0 Å². The van der Waals surface area contributed by atoms with E-state index in [-0.39, 0.29) is 17.8 Å². The number of aliphatic hydroxyl groups excluding tert-OH is 1. The van der Waals surface area contributed by atoms with Gasteiger partial charge in [-0.1, -0.05) is 23.7 Å². The Morgan fingerprint density at radius 2 is 2.03 bits per heavy atom. The summed E-state index contributed by atoms with van der Waals surface area (Å²) >= 11 is 5.90. The number of nitrogens with zero attached hydrogens (tertiary/aromatic N) is 2. The van der Waals surface area contributed by atoms with Crippen LogP contribution in [0.3, 0.4) is 0 Å². The third-order valence-corrected chi connectivity index (χ3v) is 6.00. The van der Waals surface area contributed by atoms with Crippen LogP contribution in [0.15, 0.2) is 68.6 Å². The van der Waals surface area contributed by atoms with Crippen LogP contribution in [0.25, 0.3) is 11.1 Å². The van der Waals surface area contributed by atoms with Crippen molar-refractivity contribution < 1.29 is 18.7 Å². The summed E-state index contributed by atoms with van der Waals surface area (Å²) in [5.74, 6) is 0.846. The number of amides is 1. The molecule has 0 aliphatic rings. The predicted molar refractivity (Wildman–Crippen MR) is 133 cm³/mol. The lowest BCUT2D eigenvalue weighted by Gasteiger charge is -2.18. The highest BCUT2D eigenvalue weighted by molar-refractivity contribution is 6.30. The van der Waals surface area contributed by atoms with Crippen molar-refractivity contribution in [1.29, 1.82) is 0 Å². The minimum atomic E-state index is -0.770. The summed E-state index contributed by atoms with van der Waals surface area (Å²) in [4.78, 5) is 27.6. The number of benzene rings is 1. The number of hydrogen-bond acceptors (Lipinski definition) is 6. The van der Waals surface area contributed by atoms with E-state index in [1.807, 2.05) is 35.6 Å². The molecule has 3 aromatic heterocycles. The van der Waals surface area contributed by atoms with Gasteiger partial charge in [-0.3, -0.25) is 14.5 Å². The number of rotatable bonds is 10. The molecule has 35 heavy (non-hydrogen) atoms. The molecule has 0 saturated heterocycles. The Bertz CT molecular complexity index is 1340. The van der Waals surface area contributed by atoms with Crippen LogP contribution in [0.2, 0.25) is 5.02 Å². The van der Waals surface area contributed by atoms with Crippen molar-refractivity contribution in [3.05, 3.63) is 92.8 Å². The maximum Gasteiger partial charge on any atom is 0.224 e. The third kappa shape index (κ3) is 6.03. The van der Waals surface area contributed by atoms with Gasteiger partial charge >= 0.3 is 0 Å². The van der Waals surface area contributed by atoms with Gasteiger partial charge < -0.3 is 23.8 Å². The number of pyridine rings is 1. The Hall–Kier alpha value is -3.33. The number of carbonyl (C=O) groups excluding carboxylic acids is 1. The number of furan rings is 2. The number of fused-ring (bicyclic) bond motifs is 1. The molecule has 0 radical (unpaired) electrons. The normalized spacial score (nSPS) is 12.4. The first-order valence-electron chi connectivity index (χ1n) is 11.4. The van der Waals surface area contributed by atoms with Gasteiger partial charge in [0, 0.05) is 36.4 Å². The van der Waals surface area contributed by atoms with Gasteiger partial charge in [0.1, 0.15) is 17.6 Å². The molecule has 184 valence electrons. The highest BCUT2D eigenvalue weighted by Crippen LogP contribution is 2.21. The summed E-state index contributed by atoms with van der Waals surface area (Å²) in [5, 5.41) is 14.2. The predicted octanol–water partition coefficient (Wildman–Crippen LogP) is 3.89. The lowest BCUT2D eigenvalue weighted by Crippen LogP contribution is -2.27. The Labute approximate surface area is 207 Å². The molecule has 0 saturated carbocycles. The summed E-state index contributed by atoms with van der Waals surface area (Å²) in [6, 6.07) is 12.4. The number of aliphatic hydroxyl groups is 1. The molecule has 8 nitrogen and oxygen atoms in total. The second kappa shape index (κ2) is 10.9. The number of halogens is 1. The molecule has 0 fully saturated rings. The van der Waals surface area contributed by atoms with Crippen LogP contribution in [0, 0.1) is 0 Å². The van der Waals surface area contributed by atoms with Gasteiger partial charge in [-0.05, 0) is 49.9 Å². The second-order valence-electron chi connectivity index (χ2n) is 8.51. The minimum Gasteiger partial charge on any atom is -0.467 e. The lowest BCUT2D eigenvalue weighted by molar-refractivity contribution is -0.120. The monoisotopic (exact) mass is 497 g/mol. The highest BCUT2D eigenvalue weighted by atomic mass is 35.5. The number of aromatic nitrogens is 1. The van der Waals surface area contributed by atoms with Gasteiger partial charge in [0.2, 0.25) is 11.6 Å². The number of aryl methyl sites for hydroxylation is 1. The second-order valence-corrected chi connectivity index (χ2v) is 8.95. The zero-order valence-corrected chi connectivity index (χ0v) is 20.4. The molecule has 3 heterocycles. The van der Waals surface area contributed by atoms with Gasteiger partial charge in [0.15, 0.2) is 5.43 Å². The van der Waals surface area contributed by atoms with E-state index >= 15 is 0 Å². The van der Waals surface area contributed by atoms with Crippen molar-refractivity contribution in [1.82, 2.24) is 14.8 Å². The van der Waals surface area contributed by atoms with E-state index in [4.69, 9.17) is 20.4 Å². The molecule has 0 unspecified atom stereocenters. The minimum absolute atomic E-state index is 0.0296. The highest BCUT2D eigenvalue weighted by Gasteiger charge is 2.18. The first-order valence-corrected chi connectivity index (χ1v) is 11.8. The number of carbonyl (C=O) groups is 1. The molecular formula is C26H28ClN3O5. The zero-order valence-electron chi connectivity index (χ0n) is 19.7. The average Bonchev–Trinajstić information content (AvgIpc) is 3.51. The average molecular weight is 498 g/mol. The van der Waals surface area contributed by atoms with Crippen LogP contribution in [0.5, 0.6) is 0 Å². The quantitative estimate of drug-likeness (QED) is 0.345. The van der Waals surface area contributed by atoms with Gasteiger partial charge in [-0.2, -0.15) is 0 Å². The molecule has 1 atom stereocenters. The van der Waals surface area contributed by atoms with Crippen LogP contribution in [0.1, 0.15) is 35.7 Å². The van der Waals surface area contributed by atoms with E-state index in [2.05, 4.69) is 5.32 Å². The molecule has 1 aromatic carbocycles. The van der Waals surface area contributed by atoms with Gasteiger partial charge in [0.05, 0.1) is 24.6 Å². The fraction of sp³-hybridized carbons (Fsp3) is 0.308. The molecule has 9 heteroatoms. The summed E-state index contributed by atoms with van der Waals surface area (Å²) in [5.41, 5.74) is 1.57. The molecule has 4 aromatic rings. The van der Waals surface area contributed by atoms with E-state index in [0.29, 0.717) is 59.4 Å². The fourth-order valence-electron chi connectivity index (χ4n) is 3.96. The van der Waals surface area contributed by atoms with Crippen LogP contribution < -0.4 is 10.7 Å². The molecule has 0 aliphatic carbocycles. The molecule has 4 rings (SSSR count). The van der Waals surface area contributed by atoms with Crippen molar-refractivity contribution in [2.45, 2.75) is 39.1 Å². The van der Waals surface area contributed by atoms with E-state index in [1.165, 1.54) is 6.26 Å². The Morgan fingerprint density at radius 1 is 1.26 bits per heavy atom. The summed E-state index contributed by atoms with van der Waals surface area (Å²) in [6.07, 6.45) is 2.41. The van der Waals surface area contributed by atoms with Crippen LogP contribution in [0.4, 0.5) is 0 Å². The SMILES string of the molecule is CCn1cc(CC(=O)NCc2ccc(Cl)cc2)c(=O)c2cc(CN(C)C[C@@H](O)c3ccco3)oc21. The molecule has 1 amide bonds. The zero-order chi connectivity index (χ0) is 24.9. The van der Waals surface area contributed by atoms with Crippen molar-refractivity contribution in [3.8, 4) is 0 Å². The molecule has 0 aliphatic heterocycles. The van der Waals surface area contributed by atoms with Crippen molar-refractivity contribution in [3.63, 3.8) is 0 Å². The fourth-order valence-corrected chi connectivity index (χ4v) is 4.09. The summed E-state index contributed by atoms with van der Waals surface area (Å²) in [7, 11) is 1.85. The van der Waals surface area contributed by atoms with E-state index in [1.54, 1.807) is 36.5 Å². The first-order chi connectivity index (χ1) is 16.8. The van der Waals surface area contributed by atoms with E-state index in [0.717, 1.165) is 5.56 Å². The van der Waals surface area contributed by atoms with Gasteiger partial charge in [0.25, 0.3) is 0 Å².